The van der Waals surface area contributed by atoms with Crippen LogP contribution in [-0.2, 0) is 16.1 Å². The first kappa shape index (κ1) is 17.4. The monoisotopic (exact) mass is 344 g/mol. The maximum Gasteiger partial charge on any atom is 0.244 e. The molecular weight excluding hydrogens is 320 g/mol. The zero-order valence-corrected chi connectivity index (χ0v) is 14.9. The predicted octanol–water partition coefficient (Wildman–Crippen LogP) is 1.59. The highest BCUT2D eigenvalue weighted by Crippen LogP contribution is 2.26. The molecule has 1 aromatic carbocycles. The van der Waals surface area contributed by atoms with Gasteiger partial charge in [0.1, 0.15) is 36.2 Å². The molecule has 1 saturated heterocycles. The molecule has 3 rings (SSSR count). The first-order valence-corrected chi connectivity index (χ1v) is 8.40. The van der Waals surface area contributed by atoms with Crippen LogP contribution < -0.4 is 4.74 Å². The van der Waals surface area contributed by atoms with Gasteiger partial charge in [0.15, 0.2) is 0 Å². The van der Waals surface area contributed by atoms with Gasteiger partial charge in [-0.3, -0.25) is 4.79 Å². The molecule has 0 spiro atoms. The zero-order chi connectivity index (χ0) is 17.9. The fraction of sp³-hybridized carbons (Fsp3) is 0.500. The van der Waals surface area contributed by atoms with Crippen molar-refractivity contribution < 1.29 is 14.3 Å². The third kappa shape index (κ3) is 3.99. The van der Waals surface area contributed by atoms with E-state index in [1.807, 2.05) is 49.1 Å². The van der Waals surface area contributed by atoms with Gasteiger partial charge in [0, 0.05) is 13.7 Å². The summed E-state index contributed by atoms with van der Waals surface area (Å²) in [6.07, 6.45) is 0.747. The maximum atomic E-state index is 12.6. The first-order chi connectivity index (χ1) is 12.0. The number of hydrogen-bond acceptors (Lipinski definition) is 5. The van der Waals surface area contributed by atoms with Gasteiger partial charge in [0.2, 0.25) is 5.91 Å². The minimum Gasteiger partial charge on any atom is -0.491 e. The molecule has 0 bridgehead atoms. The number of aromatic nitrogens is 3. The zero-order valence-electron chi connectivity index (χ0n) is 14.9. The van der Waals surface area contributed by atoms with Gasteiger partial charge in [-0.1, -0.05) is 18.2 Å². The minimum absolute atomic E-state index is 0.0200. The second kappa shape index (κ2) is 7.23. The molecule has 1 aromatic heterocycles. The van der Waals surface area contributed by atoms with Crippen LogP contribution in [0.4, 0.5) is 0 Å². The van der Waals surface area contributed by atoms with Crippen LogP contribution in [-0.4, -0.2) is 58.0 Å². The summed E-state index contributed by atoms with van der Waals surface area (Å²) in [7, 11) is 1.67. The van der Waals surface area contributed by atoms with E-state index in [1.165, 1.54) is 0 Å². The number of rotatable bonds is 6. The van der Waals surface area contributed by atoms with Crippen molar-refractivity contribution in [2.45, 2.75) is 32.4 Å². The van der Waals surface area contributed by atoms with Gasteiger partial charge in [0.05, 0.1) is 6.54 Å². The largest absolute Gasteiger partial charge is 0.491 e. The first-order valence-electron chi connectivity index (χ1n) is 8.40. The Hall–Kier alpha value is -2.41. The molecule has 1 fully saturated rings. The number of likely N-dealkylation sites (tertiary alicyclic amines) is 1. The second-order valence-corrected chi connectivity index (χ2v) is 6.42. The summed E-state index contributed by atoms with van der Waals surface area (Å²) in [4.78, 5) is 18.6. The highest BCUT2D eigenvalue weighted by molar-refractivity contribution is 5.76. The lowest BCUT2D eigenvalue weighted by atomic mass is 10.0. The van der Waals surface area contributed by atoms with Crippen molar-refractivity contribution in [1.82, 2.24) is 19.7 Å². The highest BCUT2D eigenvalue weighted by Gasteiger charge is 2.41. The average molecular weight is 344 g/mol. The van der Waals surface area contributed by atoms with Crippen LogP contribution in [0.1, 0.15) is 18.1 Å². The standard InChI is InChI=1S/C18H24N4O3/c1-14-19-15(2)22(20-14)11-17(23)21-10-9-18(12-21,24-3)13-25-16-7-5-4-6-8-16/h4-8H,9-13H2,1-3H3. The van der Waals surface area contributed by atoms with Crippen molar-refractivity contribution in [1.29, 1.82) is 0 Å². The van der Waals surface area contributed by atoms with E-state index < -0.39 is 5.60 Å². The maximum absolute atomic E-state index is 12.6. The van der Waals surface area contributed by atoms with Gasteiger partial charge < -0.3 is 14.4 Å². The molecule has 1 unspecified atom stereocenters. The van der Waals surface area contributed by atoms with Gasteiger partial charge in [-0.05, 0) is 32.4 Å². The molecule has 25 heavy (non-hydrogen) atoms. The number of benzene rings is 1. The van der Waals surface area contributed by atoms with Gasteiger partial charge in [0.25, 0.3) is 0 Å². The van der Waals surface area contributed by atoms with E-state index in [4.69, 9.17) is 9.47 Å². The molecule has 1 aliphatic heterocycles. The average Bonchev–Trinajstić information content (AvgIpc) is 3.18. The van der Waals surface area contributed by atoms with Crippen molar-refractivity contribution in [3.05, 3.63) is 42.0 Å². The Kier molecular flexibility index (Phi) is 5.03. The van der Waals surface area contributed by atoms with Crippen LogP contribution in [0.3, 0.4) is 0 Å². The molecule has 1 aliphatic rings. The molecule has 7 heteroatoms. The van der Waals surface area contributed by atoms with E-state index in [-0.39, 0.29) is 12.5 Å². The van der Waals surface area contributed by atoms with Crippen LogP contribution in [0.15, 0.2) is 30.3 Å². The Morgan fingerprint density at radius 3 is 2.68 bits per heavy atom. The van der Waals surface area contributed by atoms with Crippen LogP contribution in [0.5, 0.6) is 5.75 Å². The van der Waals surface area contributed by atoms with Crippen molar-refractivity contribution in [3.8, 4) is 5.75 Å². The molecule has 2 heterocycles. The fourth-order valence-electron chi connectivity index (χ4n) is 3.07. The lowest BCUT2D eigenvalue weighted by molar-refractivity contribution is -0.132. The molecule has 0 N–H and O–H groups in total. The molecule has 1 amide bonds. The van der Waals surface area contributed by atoms with Crippen molar-refractivity contribution in [3.63, 3.8) is 0 Å². The van der Waals surface area contributed by atoms with Crippen molar-refractivity contribution in [2.24, 2.45) is 0 Å². The van der Waals surface area contributed by atoms with E-state index >= 15 is 0 Å². The number of hydrogen-bond donors (Lipinski definition) is 0. The van der Waals surface area contributed by atoms with Crippen LogP contribution in [0.2, 0.25) is 0 Å². The lowest BCUT2D eigenvalue weighted by Gasteiger charge is -2.28. The Bertz CT molecular complexity index is 731. The van der Waals surface area contributed by atoms with Crippen LogP contribution in [0, 0.1) is 13.8 Å². The molecule has 1 atom stereocenters. The Morgan fingerprint density at radius 1 is 1.28 bits per heavy atom. The van der Waals surface area contributed by atoms with Gasteiger partial charge in [-0.2, -0.15) is 5.10 Å². The number of amides is 1. The van der Waals surface area contributed by atoms with E-state index in [0.717, 1.165) is 18.0 Å². The second-order valence-electron chi connectivity index (χ2n) is 6.42. The number of ether oxygens (including phenoxy) is 2. The molecule has 0 radical (unpaired) electrons. The minimum atomic E-state index is -0.473. The lowest BCUT2D eigenvalue weighted by Crippen LogP contribution is -2.43. The van der Waals surface area contributed by atoms with Crippen LogP contribution >= 0.6 is 0 Å². The SMILES string of the molecule is COC1(COc2ccccc2)CCN(C(=O)Cn2nc(C)nc2C)C1. The quantitative estimate of drug-likeness (QED) is 0.796. The smallest absolute Gasteiger partial charge is 0.244 e. The number of carbonyl (C=O) groups excluding carboxylic acids is 1. The third-order valence-corrected chi connectivity index (χ3v) is 4.59. The topological polar surface area (TPSA) is 69.5 Å². The van der Waals surface area contributed by atoms with E-state index in [9.17, 15) is 4.79 Å². The highest BCUT2D eigenvalue weighted by atomic mass is 16.5. The summed E-state index contributed by atoms with van der Waals surface area (Å²) in [5.41, 5.74) is -0.473. The normalized spacial score (nSPS) is 20.0. The van der Waals surface area contributed by atoms with Crippen molar-refractivity contribution >= 4 is 5.91 Å². The summed E-state index contributed by atoms with van der Waals surface area (Å²) in [6.45, 7) is 5.45. The Morgan fingerprint density at radius 2 is 2.04 bits per heavy atom. The molecule has 0 aliphatic carbocycles. The molecule has 134 valence electrons. The van der Waals surface area contributed by atoms with Crippen molar-refractivity contribution in [2.75, 3.05) is 26.8 Å². The third-order valence-electron chi connectivity index (χ3n) is 4.59. The van der Waals surface area contributed by atoms with Gasteiger partial charge in [-0.15, -0.1) is 0 Å². The molecule has 0 saturated carbocycles. The van der Waals surface area contributed by atoms with Gasteiger partial charge >= 0.3 is 0 Å². The fourth-order valence-corrected chi connectivity index (χ4v) is 3.07. The number of carbonyl (C=O) groups is 1. The summed E-state index contributed by atoms with van der Waals surface area (Å²) in [5.74, 6) is 2.24. The van der Waals surface area contributed by atoms with Gasteiger partial charge in [-0.25, -0.2) is 9.67 Å². The summed E-state index contributed by atoms with van der Waals surface area (Å²) >= 11 is 0. The Balaban J connectivity index is 1.60. The Labute approximate surface area is 147 Å². The predicted molar refractivity (Wildman–Crippen MR) is 92.4 cm³/mol. The molecule has 2 aromatic rings. The molecule has 7 nitrogen and oxygen atoms in total. The summed E-state index contributed by atoms with van der Waals surface area (Å²) < 4.78 is 13.2. The van der Waals surface area contributed by atoms with E-state index in [2.05, 4.69) is 10.1 Å². The summed E-state index contributed by atoms with van der Waals surface area (Å²) in [5, 5.41) is 4.26. The van der Waals surface area contributed by atoms with Crippen LogP contribution in [0.25, 0.3) is 0 Å². The summed E-state index contributed by atoms with van der Waals surface area (Å²) in [6, 6.07) is 9.64. The molecular formula is C18H24N4O3. The number of methoxy groups -OCH3 is 1. The number of nitrogens with zero attached hydrogens (tertiary/aromatic N) is 4. The number of aryl methyl sites for hydroxylation is 2. The number of para-hydroxylation sites is 1. The van der Waals surface area contributed by atoms with E-state index in [1.54, 1.807) is 11.8 Å². The van der Waals surface area contributed by atoms with E-state index in [0.29, 0.717) is 25.5 Å².